The van der Waals surface area contributed by atoms with E-state index in [0.717, 1.165) is 62.1 Å². The van der Waals surface area contributed by atoms with E-state index in [1.807, 2.05) is 36.9 Å². The third-order valence-electron chi connectivity index (χ3n) is 4.98. The van der Waals surface area contributed by atoms with E-state index in [0.29, 0.717) is 0 Å². The van der Waals surface area contributed by atoms with E-state index in [9.17, 15) is 9.59 Å². The lowest BCUT2D eigenvalue weighted by molar-refractivity contribution is -0.135. The minimum atomic E-state index is 0.0178. The zero-order valence-corrected chi connectivity index (χ0v) is 14.6. The number of fused-ring (bicyclic) bond motifs is 1. The predicted octanol–water partition coefficient (Wildman–Crippen LogP) is 2.42. The van der Waals surface area contributed by atoms with Gasteiger partial charge in [-0.05, 0) is 43.4 Å². The molecule has 0 radical (unpaired) electrons. The zero-order valence-electron chi connectivity index (χ0n) is 14.6. The molecule has 0 atom stereocenters. The van der Waals surface area contributed by atoms with Gasteiger partial charge in [0.2, 0.25) is 5.91 Å². The van der Waals surface area contributed by atoms with Crippen LogP contribution >= 0.6 is 0 Å². The third-order valence-corrected chi connectivity index (χ3v) is 4.98. The first-order chi connectivity index (χ1) is 11.6. The number of benzene rings is 1. The number of carbonyl (C=O) groups is 2. The maximum Gasteiger partial charge on any atom is 0.251 e. The first kappa shape index (κ1) is 16.8. The van der Waals surface area contributed by atoms with Gasteiger partial charge in [-0.15, -0.1) is 0 Å². The highest BCUT2D eigenvalue weighted by Gasteiger charge is 2.26. The van der Waals surface area contributed by atoms with Gasteiger partial charge in [-0.3, -0.25) is 9.59 Å². The summed E-state index contributed by atoms with van der Waals surface area (Å²) in [4.78, 5) is 26.6. The summed E-state index contributed by atoms with van der Waals surface area (Å²) >= 11 is 0. The van der Waals surface area contributed by atoms with Gasteiger partial charge in [0, 0.05) is 42.8 Å². The molecule has 0 bridgehead atoms. The number of likely N-dealkylation sites (tertiary alicyclic amines) is 1. The molecule has 0 unspecified atom stereocenters. The van der Waals surface area contributed by atoms with Crippen molar-refractivity contribution in [2.45, 2.75) is 45.6 Å². The summed E-state index contributed by atoms with van der Waals surface area (Å²) in [6.45, 7) is 6.30. The normalized spacial score (nSPS) is 18.0. The molecule has 0 aromatic heterocycles. The SMILES string of the molecule is CC(C)C(=O)N1CCC(NC(=O)c2cccc3c2CCCN3)CC1. The molecule has 24 heavy (non-hydrogen) atoms. The lowest BCUT2D eigenvalue weighted by atomic mass is 9.96. The molecule has 1 fully saturated rings. The fourth-order valence-corrected chi connectivity index (χ4v) is 3.60. The minimum Gasteiger partial charge on any atom is -0.385 e. The van der Waals surface area contributed by atoms with Crippen LogP contribution in [0.1, 0.15) is 49.0 Å². The molecule has 1 aromatic rings. The topological polar surface area (TPSA) is 61.4 Å². The molecule has 2 N–H and O–H groups in total. The van der Waals surface area contributed by atoms with Gasteiger partial charge in [-0.25, -0.2) is 0 Å². The summed E-state index contributed by atoms with van der Waals surface area (Å²) in [5, 5.41) is 6.54. The van der Waals surface area contributed by atoms with Gasteiger partial charge in [-0.2, -0.15) is 0 Å². The Morgan fingerprint density at radius 1 is 1.25 bits per heavy atom. The van der Waals surface area contributed by atoms with Crippen molar-refractivity contribution in [1.82, 2.24) is 10.2 Å². The molecule has 1 saturated heterocycles. The van der Waals surface area contributed by atoms with Crippen molar-refractivity contribution in [3.8, 4) is 0 Å². The van der Waals surface area contributed by atoms with Crippen LogP contribution in [0.5, 0.6) is 0 Å². The number of carbonyl (C=O) groups excluding carboxylic acids is 2. The summed E-state index contributed by atoms with van der Waals surface area (Å²) in [7, 11) is 0. The Kier molecular flexibility index (Phi) is 5.07. The molecule has 1 aromatic carbocycles. The molecule has 130 valence electrons. The molecular formula is C19H27N3O2. The monoisotopic (exact) mass is 329 g/mol. The van der Waals surface area contributed by atoms with Crippen molar-refractivity contribution in [3.63, 3.8) is 0 Å². The molecule has 0 spiro atoms. The summed E-state index contributed by atoms with van der Waals surface area (Å²) in [6.07, 6.45) is 3.68. The first-order valence-corrected chi connectivity index (χ1v) is 9.01. The minimum absolute atomic E-state index is 0.0178. The fraction of sp³-hybridized carbons (Fsp3) is 0.579. The average molecular weight is 329 g/mol. The number of nitrogens with one attached hydrogen (secondary N) is 2. The smallest absolute Gasteiger partial charge is 0.251 e. The van der Waals surface area contributed by atoms with Crippen LogP contribution in [-0.4, -0.2) is 42.4 Å². The lowest BCUT2D eigenvalue weighted by Crippen LogP contribution is -2.47. The molecule has 2 heterocycles. The van der Waals surface area contributed by atoms with Crippen LogP contribution in [0.25, 0.3) is 0 Å². The van der Waals surface area contributed by atoms with Crippen LogP contribution in [0, 0.1) is 5.92 Å². The van der Waals surface area contributed by atoms with Gasteiger partial charge in [0.25, 0.3) is 5.91 Å². The van der Waals surface area contributed by atoms with Gasteiger partial charge < -0.3 is 15.5 Å². The van der Waals surface area contributed by atoms with Crippen molar-refractivity contribution < 1.29 is 9.59 Å². The van der Waals surface area contributed by atoms with Crippen LogP contribution < -0.4 is 10.6 Å². The van der Waals surface area contributed by atoms with Gasteiger partial charge in [-0.1, -0.05) is 19.9 Å². The first-order valence-electron chi connectivity index (χ1n) is 9.01. The van der Waals surface area contributed by atoms with Crippen LogP contribution in [0.15, 0.2) is 18.2 Å². The molecule has 0 aliphatic carbocycles. The van der Waals surface area contributed by atoms with Crippen molar-refractivity contribution in [2.24, 2.45) is 5.92 Å². The second-order valence-corrected chi connectivity index (χ2v) is 7.09. The summed E-state index contributed by atoms with van der Waals surface area (Å²) < 4.78 is 0. The van der Waals surface area contributed by atoms with Crippen LogP contribution in [0.4, 0.5) is 5.69 Å². The van der Waals surface area contributed by atoms with Gasteiger partial charge in [0.05, 0.1) is 0 Å². The van der Waals surface area contributed by atoms with E-state index in [2.05, 4.69) is 10.6 Å². The van der Waals surface area contributed by atoms with Gasteiger partial charge in [0.15, 0.2) is 0 Å². The van der Waals surface area contributed by atoms with E-state index in [-0.39, 0.29) is 23.8 Å². The number of amides is 2. The Balaban J connectivity index is 1.60. The Hall–Kier alpha value is -2.04. The fourth-order valence-electron chi connectivity index (χ4n) is 3.60. The predicted molar refractivity (Wildman–Crippen MR) is 95.2 cm³/mol. The van der Waals surface area contributed by atoms with Gasteiger partial charge in [0.1, 0.15) is 0 Å². The molecule has 5 heteroatoms. The third kappa shape index (κ3) is 3.55. The van der Waals surface area contributed by atoms with Gasteiger partial charge >= 0.3 is 0 Å². The Morgan fingerprint density at radius 3 is 2.71 bits per heavy atom. The van der Waals surface area contributed by atoms with Crippen LogP contribution in [-0.2, 0) is 11.2 Å². The van der Waals surface area contributed by atoms with E-state index in [1.165, 1.54) is 0 Å². The molecule has 3 rings (SSSR count). The number of hydrogen-bond donors (Lipinski definition) is 2. The number of piperidine rings is 1. The second kappa shape index (κ2) is 7.24. The number of nitrogens with zero attached hydrogens (tertiary/aromatic N) is 1. The standard InChI is InChI=1S/C19H27N3O2/c1-13(2)19(24)22-11-8-14(9-12-22)21-18(23)16-5-3-7-17-15(16)6-4-10-20-17/h3,5,7,13-14,20H,4,6,8-12H2,1-2H3,(H,21,23). The Morgan fingerprint density at radius 2 is 2.00 bits per heavy atom. The average Bonchev–Trinajstić information content (AvgIpc) is 2.61. The number of rotatable bonds is 3. The van der Waals surface area contributed by atoms with E-state index in [4.69, 9.17) is 0 Å². The van der Waals surface area contributed by atoms with E-state index >= 15 is 0 Å². The molecule has 0 saturated carbocycles. The van der Waals surface area contributed by atoms with Crippen LogP contribution in [0.3, 0.4) is 0 Å². The largest absolute Gasteiger partial charge is 0.385 e. The number of anilines is 1. The van der Waals surface area contributed by atoms with E-state index < -0.39 is 0 Å². The maximum absolute atomic E-state index is 12.7. The lowest BCUT2D eigenvalue weighted by Gasteiger charge is -2.33. The highest BCUT2D eigenvalue weighted by atomic mass is 16.2. The summed E-state index contributed by atoms with van der Waals surface area (Å²) in [5.41, 5.74) is 3.01. The quantitative estimate of drug-likeness (QED) is 0.895. The Labute approximate surface area is 143 Å². The highest BCUT2D eigenvalue weighted by Crippen LogP contribution is 2.25. The van der Waals surface area contributed by atoms with Crippen molar-refractivity contribution in [1.29, 1.82) is 0 Å². The number of hydrogen-bond acceptors (Lipinski definition) is 3. The van der Waals surface area contributed by atoms with Crippen molar-refractivity contribution >= 4 is 17.5 Å². The Bertz CT molecular complexity index is 619. The van der Waals surface area contributed by atoms with Crippen molar-refractivity contribution in [2.75, 3.05) is 25.0 Å². The van der Waals surface area contributed by atoms with E-state index in [1.54, 1.807) is 0 Å². The molecule has 5 nitrogen and oxygen atoms in total. The zero-order chi connectivity index (χ0) is 17.1. The summed E-state index contributed by atoms with van der Waals surface area (Å²) in [6, 6.07) is 6.05. The molecular weight excluding hydrogens is 302 g/mol. The van der Waals surface area contributed by atoms with Crippen molar-refractivity contribution in [3.05, 3.63) is 29.3 Å². The second-order valence-electron chi connectivity index (χ2n) is 7.09. The highest BCUT2D eigenvalue weighted by molar-refractivity contribution is 5.97. The summed E-state index contributed by atoms with van der Waals surface area (Å²) in [5.74, 6) is 0.270. The maximum atomic E-state index is 12.7. The molecule has 2 amide bonds. The molecule has 2 aliphatic heterocycles. The van der Waals surface area contributed by atoms with Crippen LogP contribution in [0.2, 0.25) is 0 Å². The molecule has 2 aliphatic rings.